The Labute approximate surface area is 149 Å². The molecule has 2 aromatic rings. The Morgan fingerprint density at radius 3 is 2.28 bits per heavy atom. The molecular formula is C21H26N2O2. The molecule has 0 heterocycles. The molecule has 0 saturated carbocycles. The number of ether oxygens (including phenoxy) is 1. The summed E-state index contributed by atoms with van der Waals surface area (Å²) in [7, 11) is 0. The largest absolute Gasteiger partial charge is 0.484 e. The zero-order valence-corrected chi connectivity index (χ0v) is 15.4. The molecular weight excluding hydrogens is 312 g/mol. The van der Waals surface area contributed by atoms with Crippen LogP contribution in [0.1, 0.15) is 44.4 Å². The highest BCUT2D eigenvalue weighted by Crippen LogP contribution is 2.24. The minimum Gasteiger partial charge on any atom is -0.484 e. The maximum Gasteiger partial charge on any atom is 0.277 e. The number of benzene rings is 2. The lowest BCUT2D eigenvalue weighted by Crippen LogP contribution is -2.24. The quantitative estimate of drug-likeness (QED) is 0.637. The van der Waals surface area contributed by atoms with E-state index in [1.54, 1.807) is 6.21 Å². The predicted octanol–water partition coefficient (Wildman–Crippen LogP) is 4.08. The molecule has 0 bridgehead atoms. The van der Waals surface area contributed by atoms with Gasteiger partial charge in [-0.05, 0) is 40.7 Å². The Morgan fingerprint density at radius 1 is 1.08 bits per heavy atom. The van der Waals surface area contributed by atoms with Crippen LogP contribution in [0, 0.1) is 0 Å². The van der Waals surface area contributed by atoms with Crippen molar-refractivity contribution in [1.29, 1.82) is 0 Å². The third kappa shape index (κ3) is 6.07. The Bertz CT molecular complexity index is 711. The second-order valence-electron chi connectivity index (χ2n) is 6.95. The normalized spacial score (nSPS) is 11.5. The first-order chi connectivity index (χ1) is 11.9. The van der Waals surface area contributed by atoms with Crippen LogP contribution in [0.25, 0.3) is 0 Å². The third-order valence-electron chi connectivity index (χ3n) is 3.88. The van der Waals surface area contributed by atoms with Gasteiger partial charge in [-0.15, -0.1) is 0 Å². The molecule has 4 nitrogen and oxygen atoms in total. The van der Waals surface area contributed by atoms with Gasteiger partial charge < -0.3 is 4.74 Å². The van der Waals surface area contributed by atoms with Gasteiger partial charge in [0, 0.05) is 0 Å². The summed E-state index contributed by atoms with van der Waals surface area (Å²) in [6.07, 6.45) is 2.62. The number of carbonyl (C=O) groups is 1. The molecule has 0 atom stereocenters. The van der Waals surface area contributed by atoms with E-state index >= 15 is 0 Å². The molecule has 0 fully saturated rings. The lowest BCUT2D eigenvalue weighted by atomic mass is 9.87. The number of nitrogens with zero attached hydrogens (tertiary/aromatic N) is 1. The number of hydrogen-bond donors (Lipinski definition) is 1. The van der Waals surface area contributed by atoms with Crippen LogP contribution >= 0.6 is 0 Å². The Balaban J connectivity index is 1.79. The van der Waals surface area contributed by atoms with Gasteiger partial charge in [-0.1, -0.05) is 64.1 Å². The van der Waals surface area contributed by atoms with Crippen LogP contribution in [0.4, 0.5) is 0 Å². The van der Waals surface area contributed by atoms with Crippen LogP contribution in [0.5, 0.6) is 5.75 Å². The van der Waals surface area contributed by atoms with Crippen molar-refractivity contribution in [1.82, 2.24) is 5.43 Å². The molecule has 0 radical (unpaired) electrons. The Morgan fingerprint density at radius 2 is 1.72 bits per heavy atom. The molecule has 132 valence electrons. The van der Waals surface area contributed by atoms with Gasteiger partial charge in [-0.2, -0.15) is 5.10 Å². The molecule has 0 aliphatic carbocycles. The standard InChI is InChI=1S/C21H26N2O2/c1-5-16-6-8-17(9-7-16)14-22-23-20(24)15-25-19-12-10-18(11-13-19)21(2,3)4/h6-14H,5,15H2,1-4H3,(H,23,24)/b22-14+. The van der Waals surface area contributed by atoms with E-state index in [4.69, 9.17) is 4.74 Å². The first-order valence-corrected chi connectivity index (χ1v) is 8.52. The van der Waals surface area contributed by atoms with Crippen molar-refractivity contribution in [2.24, 2.45) is 5.10 Å². The van der Waals surface area contributed by atoms with Crippen molar-refractivity contribution in [2.45, 2.75) is 39.5 Å². The highest BCUT2D eigenvalue weighted by Gasteiger charge is 2.13. The van der Waals surface area contributed by atoms with Gasteiger partial charge >= 0.3 is 0 Å². The molecule has 0 aromatic heterocycles. The summed E-state index contributed by atoms with van der Waals surface area (Å²) < 4.78 is 5.48. The fourth-order valence-corrected chi connectivity index (χ4v) is 2.25. The number of amides is 1. The van der Waals surface area contributed by atoms with Crippen LogP contribution in [0.2, 0.25) is 0 Å². The molecule has 1 N–H and O–H groups in total. The van der Waals surface area contributed by atoms with Gasteiger partial charge in [-0.3, -0.25) is 4.79 Å². The monoisotopic (exact) mass is 338 g/mol. The van der Waals surface area contributed by atoms with E-state index in [1.165, 1.54) is 11.1 Å². The van der Waals surface area contributed by atoms with Crippen molar-refractivity contribution in [2.75, 3.05) is 6.61 Å². The molecule has 2 aromatic carbocycles. The summed E-state index contributed by atoms with van der Waals surface area (Å²) in [6.45, 7) is 8.51. The van der Waals surface area contributed by atoms with Crippen LogP contribution in [0.3, 0.4) is 0 Å². The summed E-state index contributed by atoms with van der Waals surface area (Å²) in [5.74, 6) is 0.378. The first-order valence-electron chi connectivity index (χ1n) is 8.52. The molecule has 4 heteroatoms. The number of carbonyl (C=O) groups excluding carboxylic acids is 1. The summed E-state index contributed by atoms with van der Waals surface area (Å²) in [4.78, 5) is 11.8. The fourth-order valence-electron chi connectivity index (χ4n) is 2.25. The lowest BCUT2D eigenvalue weighted by molar-refractivity contribution is -0.123. The number of rotatable bonds is 6. The van der Waals surface area contributed by atoms with Gasteiger partial charge in [0.05, 0.1) is 6.21 Å². The number of hydrogen-bond acceptors (Lipinski definition) is 3. The maximum atomic E-state index is 11.8. The predicted molar refractivity (Wildman–Crippen MR) is 102 cm³/mol. The molecule has 25 heavy (non-hydrogen) atoms. The maximum absolute atomic E-state index is 11.8. The molecule has 1 amide bonds. The highest BCUT2D eigenvalue weighted by molar-refractivity contribution is 5.82. The van der Waals surface area contributed by atoms with E-state index in [-0.39, 0.29) is 17.9 Å². The summed E-state index contributed by atoms with van der Waals surface area (Å²) in [5, 5.41) is 3.95. The summed E-state index contributed by atoms with van der Waals surface area (Å²) in [6, 6.07) is 15.8. The molecule has 0 spiro atoms. The van der Waals surface area contributed by atoms with Crippen molar-refractivity contribution >= 4 is 12.1 Å². The van der Waals surface area contributed by atoms with Crippen molar-refractivity contribution in [3.63, 3.8) is 0 Å². The van der Waals surface area contributed by atoms with Crippen LogP contribution < -0.4 is 10.2 Å². The van der Waals surface area contributed by atoms with E-state index < -0.39 is 0 Å². The third-order valence-corrected chi connectivity index (χ3v) is 3.88. The number of aryl methyl sites for hydroxylation is 1. The highest BCUT2D eigenvalue weighted by atomic mass is 16.5. The topological polar surface area (TPSA) is 50.7 Å². The Kier molecular flexibility index (Phi) is 6.34. The van der Waals surface area contributed by atoms with Crippen LogP contribution in [0.15, 0.2) is 53.6 Å². The van der Waals surface area contributed by atoms with Crippen LogP contribution in [-0.2, 0) is 16.6 Å². The SMILES string of the molecule is CCc1ccc(/C=N/NC(=O)COc2ccc(C(C)(C)C)cc2)cc1. The van der Waals surface area contributed by atoms with Crippen LogP contribution in [-0.4, -0.2) is 18.7 Å². The molecule has 0 aliphatic rings. The molecule has 0 unspecified atom stereocenters. The van der Waals surface area contributed by atoms with E-state index in [9.17, 15) is 4.79 Å². The zero-order chi connectivity index (χ0) is 18.3. The zero-order valence-electron chi connectivity index (χ0n) is 15.4. The summed E-state index contributed by atoms with van der Waals surface area (Å²) >= 11 is 0. The van der Waals surface area contributed by atoms with Gasteiger partial charge in [0.2, 0.25) is 0 Å². The fraction of sp³-hybridized carbons (Fsp3) is 0.333. The van der Waals surface area contributed by atoms with Crippen molar-refractivity contribution in [3.8, 4) is 5.75 Å². The molecule has 0 saturated heterocycles. The second kappa shape index (κ2) is 8.47. The van der Waals surface area contributed by atoms with E-state index in [1.807, 2.05) is 48.5 Å². The van der Waals surface area contributed by atoms with E-state index in [0.717, 1.165) is 12.0 Å². The summed E-state index contributed by atoms with van der Waals surface area (Å²) in [5.41, 5.74) is 6.00. The van der Waals surface area contributed by atoms with Gasteiger partial charge in [0.1, 0.15) is 5.75 Å². The van der Waals surface area contributed by atoms with E-state index in [0.29, 0.717) is 5.75 Å². The first kappa shape index (κ1) is 18.7. The van der Waals surface area contributed by atoms with E-state index in [2.05, 4.69) is 38.2 Å². The Hall–Kier alpha value is -2.62. The second-order valence-corrected chi connectivity index (χ2v) is 6.95. The lowest BCUT2D eigenvalue weighted by Gasteiger charge is -2.19. The average molecular weight is 338 g/mol. The smallest absolute Gasteiger partial charge is 0.277 e. The van der Waals surface area contributed by atoms with Gasteiger partial charge in [0.25, 0.3) is 5.91 Å². The molecule has 0 aliphatic heterocycles. The molecule has 2 rings (SSSR count). The number of nitrogens with one attached hydrogen (secondary N) is 1. The van der Waals surface area contributed by atoms with Crippen molar-refractivity contribution in [3.05, 3.63) is 65.2 Å². The average Bonchev–Trinajstić information content (AvgIpc) is 2.60. The van der Waals surface area contributed by atoms with Crippen molar-refractivity contribution < 1.29 is 9.53 Å². The minimum atomic E-state index is -0.290. The van der Waals surface area contributed by atoms with Gasteiger partial charge in [-0.25, -0.2) is 5.43 Å². The number of hydrazone groups is 1. The van der Waals surface area contributed by atoms with Gasteiger partial charge in [0.15, 0.2) is 6.61 Å². The minimum absolute atomic E-state index is 0.0685.